The van der Waals surface area contributed by atoms with Gasteiger partial charge in [-0.05, 0) is 17.7 Å². The normalized spacial score (nSPS) is 9.75. The van der Waals surface area contributed by atoms with Gasteiger partial charge in [0.2, 0.25) is 0 Å². The minimum Gasteiger partial charge on any atom is -0.153 e. The maximum absolute atomic E-state index is 3.68. The average molecular weight is 243 g/mol. The van der Waals surface area contributed by atoms with Crippen molar-refractivity contribution in [3.63, 3.8) is 0 Å². The monoisotopic (exact) mass is 242 g/mol. The van der Waals surface area contributed by atoms with Crippen LogP contribution in [0.15, 0.2) is 41.4 Å². The first-order valence-corrected chi connectivity index (χ1v) is 5.71. The van der Waals surface area contributed by atoms with Gasteiger partial charge in [0.25, 0.3) is 0 Å². The summed E-state index contributed by atoms with van der Waals surface area (Å²) in [6, 6.07) is 8.42. The highest BCUT2D eigenvalue weighted by Gasteiger charge is 1.91. The molecule has 1 rings (SSSR count). The number of rotatable bonds is 4. The molecule has 0 amide bonds. The standard InChI is InChI=1S/C10H11BrS/c1-2-7-12-8-9-3-5-10(11)6-4-9/h2-6H,1,7-8H2. The summed E-state index contributed by atoms with van der Waals surface area (Å²) < 4.78 is 1.14. The molecule has 0 saturated carbocycles. The van der Waals surface area contributed by atoms with Crippen LogP contribution in [0.1, 0.15) is 5.56 Å². The van der Waals surface area contributed by atoms with Gasteiger partial charge < -0.3 is 0 Å². The van der Waals surface area contributed by atoms with Gasteiger partial charge in [-0.3, -0.25) is 0 Å². The van der Waals surface area contributed by atoms with Crippen molar-refractivity contribution < 1.29 is 0 Å². The first-order valence-electron chi connectivity index (χ1n) is 3.76. The summed E-state index contributed by atoms with van der Waals surface area (Å²) in [6.07, 6.45) is 1.93. The summed E-state index contributed by atoms with van der Waals surface area (Å²) >= 11 is 5.28. The van der Waals surface area contributed by atoms with Crippen LogP contribution >= 0.6 is 27.7 Å². The van der Waals surface area contributed by atoms with Crippen LogP contribution < -0.4 is 0 Å². The van der Waals surface area contributed by atoms with Crippen molar-refractivity contribution in [2.75, 3.05) is 5.75 Å². The summed E-state index contributed by atoms with van der Waals surface area (Å²) in [5.74, 6) is 2.09. The van der Waals surface area contributed by atoms with E-state index in [9.17, 15) is 0 Å². The third kappa shape index (κ3) is 3.46. The molecule has 0 atom stereocenters. The van der Waals surface area contributed by atoms with Crippen LogP contribution in [0.4, 0.5) is 0 Å². The van der Waals surface area contributed by atoms with E-state index in [0.29, 0.717) is 0 Å². The molecule has 0 aliphatic heterocycles. The Labute approximate surface area is 86.2 Å². The number of halogens is 1. The zero-order chi connectivity index (χ0) is 8.81. The molecule has 12 heavy (non-hydrogen) atoms. The fraction of sp³-hybridized carbons (Fsp3) is 0.200. The Morgan fingerprint density at radius 3 is 2.58 bits per heavy atom. The maximum Gasteiger partial charge on any atom is 0.0187 e. The van der Waals surface area contributed by atoms with Gasteiger partial charge in [0.05, 0.1) is 0 Å². The second kappa shape index (κ2) is 5.44. The van der Waals surface area contributed by atoms with E-state index in [-0.39, 0.29) is 0 Å². The van der Waals surface area contributed by atoms with E-state index in [0.717, 1.165) is 16.0 Å². The van der Waals surface area contributed by atoms with Crippen molar-refractivity contribution in [1.82, 2.24) is 0 Å². The molecule has 1 aromatic carbocycles. The minimum absolute atomic E-state index is 1.02. The fourth-order valence-corrected chi connectivity index (χ4v) is 1.82. The topological polar surface area (TPSA) is 0 Å². The molecule has 0 spiro atoms. The predicted octanol–water partition coefficient (Wildman–Crippen LogP) is 3.87. The van der Waals surface area contributed by atoms with E-state index in [1.165, 1.54) is 5.56 Å². The lowest BCUT2D eigenvalue weighted by Gasteiger charge is -1.98. The molecule has 64 valence electrons. The van der Waals surface area contributed by atoms with Crippen LogP contribution in [0.3, 0.4) is 0 Å². The van der Waals surface area contributed by atoms with Gasteiger partial charge in [-0.1, -0.05) is 34.1 Å². The zero-order valence-corrected chi connectivity index (χ0v) is 9.20. The summed E-state index contributed by atoms with van der Waals surface area (Å²) in [5.41, 5.74) is 1.37. The number of hydrogen-bond acceptors (Lipinski definition) is 1. The van der Waals surface area contributed by atoms with Gasteiger partial charge in [-0.25, -0.2) is 0 Å². The molecular formula is C10H11BrS. The molecule has 0 nitrogen and oxygen atoms in total. The largest absolute Gasteiger partial charge is 0.153 e. The first-order chi connectivity index (χ1) is 5.83. The summed E-state index contributed by atoms with van der Waals surface area (Å²) in [4.78, 5) is 0. The molecule has 0 saturated heterocycles. The van der Waals surface area contributed by atoms with E-state index < -0.39 is 0 Å². The van der Waals surface area contributed by atoms with E-state index in [4.69, 9.17) is 0 Å². The van der Waals surface area contributed by atoms with Crippen LogP contribution in [0.25, 0.3) is 0 Å². The maximum atomic E-state index is 3.68. The van der Waals surface area contributed by atoms with E-state index in [1.54, 1.807) is 0 Å². The Hall–Kier alpha value is -0.210. The van der Waals surface area contributed by atoms with Gasteiger partial charge in [0, 0.05) is 16.0 Å². The van der Waals surface area contributed by atoms with Gasteiger partial charge in [-0.15, -0.1) is 6.58 Å². The predicted molar refractivity (Wildman–Crippen MR) is 60.5 cm³/mol. The van der Waals surface area contributed by atoms with Crippen LogP contribution in [-0.4, -0.2) is 5.75 Å². The van der Waals surface area contributed by atoms with Crippen LogP contribution in [-0.2, 0) is 5.75 Å². The molecule has 0 heterocycles. The molecule has 0 aliphatic rings. The first kappa shape index (κ1) is 9.87. The number of benzene rings is 1. The van der Waals surface area contributed by atoms with Crippen molar-refractivity contribution in [2.45, 2.75) is 5.75 Å². The average Bonchev–Trinajstić information content (AvgIpc) is 2.09. The lowest BCUT2D eigenvalue weighted by atomic mass is 10.2. The fourth-order valence-electron chi connectivity index (χ4n) is 0.841. The second-order valence-electron chi connectivity index (χ2n) is 2.43. The Morgan fingerprint density at radius 2 is 2.00 bits per heavy atom. The highest BCUT2D eigenvalue weighted by molar-refractivity contribution is 9.10. The molecule has 0 fully saturated rings. The van der Waals surface area contributed by atoms with Gasteiger partial charge in [-0.2, -0.15) is 11.8 Å². The lowest BCUT2D eigenvalue weighted by Crippen LogP contribution is -1.79. The van der Waals surface area contributed by atoms with E-state index in [2.05, 4.69) is 46.8 Å². The molecule has 0 N–H and O–H groups in total. The van der Waals surface area contributed by atoms with Crippen molar-refractivity contribution in [1.29, 1.82) is 0 Å². The van der Waals surface area contributed by atoms with Crippen LogP contribution in [0, 0.1) is 0 Å². The molecule has 0 radical (unpaired) electrons. The highest BCUT2D eigenvalue weighted by atomic mass is 79.9. The Balaban J connectivity index is 2.42. The molecule has 2 heteroatoms. The number of hydrogen-bond donors (Lipinski definition) is 0. The van der Waals surface area contributed by atoms with Crippen LogP contribution in [0.2, 0.25) is 0 Å². The van der Waals surface area contributed by atoms with Crippen LogP contribution in [0.5, 0.6) is 0 Å². The van der Waals surface area contributed by atoms with Crippen molar-refractivity contribution >= 4 is 27.7 Å². The molecule has 0 unspecified atom stereocenters. The summed E-state index contributed by atoms with van der Waals surface area (Å²) in [5, 5.41) is 0. The zero-order valence-electron chi connectivity index (χ0n) is 6.79. The molecular weight excluding hydrogens is 232 g/mol. The van der Waals surface area contributed by atoms with Crippen molar-refractivity contribution in [3.8, 4) is 0 Å². The molecule has 1 aromatic rings. The van der Waals surface area contributed by atoms with Crippen molar-refractivity contribution in [3.05, 3.63) is 47.0 Å². The Morgan fingerprint density at radius 1 is 1.33 bits per heavy atom. The smallest absolute Gasteiger partial charge is 0.0187 e. The van der Waals surface area contributed by atoms with Gasteiger partial charge in [0.1, 0.15) is 0 Å². The van der Waals surface area contributed by atoms with E-state index in [1.807, 2.05) is 17.8 Å². The summed E-state index contributed by atoms with van der Waals surface area (Å²) in [7, 11) is 0. The molecule has 0 aromatic heterocycles. The lowest BCUT2D eigenvalue weighted by molar-refractivity contribution is 1.40. The highest BCUT2D eigenvalue weighted by Crippen LogP contribution is 2.15. The quantitative estimate of drug-likeness (QED) is 0.571. The second-order valence-corrected chi connectivity index (χ2v) is 4.38. The minimum atomic E-state index is 1.02. The van der Waals surface area contributed by atoms with Crippen molar-refractivity contribution in [2.24, 2.45) is 0 Å². The van der Waals surface area contributed by atoms with E-state index >= 15 is 0 Å². The Bertz CT molecular complexity index is 241. The summed E-state index contributed by atoms with van der Waals surface area (Å²) in [6.45, 7) is 3.68. The SMILES string of the molecule is C=CCSCc1ccc(Br)cc1. The Kier molecular flexibility index (Phi) is 4.48. The third-order valence-electron chi connectivity index (χ3n) is 1.42. The number of thioether (sulfide) groups is 1. The van der Waals surface area contributed by atoms with Gasteiger partial charge in [0.15, 0.2) is 0 Å². The van der Waals surface area contributed by atoms with Gasteiger partial charge >= 0.3 is 0 Å². The third-order valence-corrected chi connectivity index (χ3v) is 2.96. The molecule has 0 bridgehead atoms. The molecule has 0 aliphatic carbocycles.